The van der Waals surface area contributed by atoms with Gasteiger partial charge in [0.2, 0.25) is 0 Å². The predicted octanol–water partition coefficient (Wildman–Crippen LogP) is 2.57. The van der Waals surface area contributed by atoms with Crippen molar-refractivity contribution < 1.29 is 27.4 Å². The maximum absolute atomic E-state index is 12.8. The van der Waals surface area contributed by atoms with Crippen molar-refractivity contribution in [2.45, 2.75) is 30.3 Å². The number of rotatable bonds is 6. The first-order valence-electron chi connectivity index (χ1n) is 9.73. The lowest BCUT2D eigenvalue weighted by Gasteiger charge is -2.21. The number of nitrogens with one attached hydrogen (secondary N) is 1. The Morgan fingerprint density at radius 3 is 2.63 bits per heavy atom. The molecule has 2 aromatic carbocycles. The van der Waals surface area contributed by atoms with Crippen LogP contribution in [0.25, 0.3) is 0 Å². The zero-order chi connectivity index (χ0) is 21.3. The minimum atomic E-state index is -3.82. The van der Waals surface area contributed by atoms with E-state index in [2.05, 4.69) is 4.72 Å². The van der Waals surface area contributed by atoms with Gasteiger partial charge in [-0.3, -0.25) is 9.52 Å². The van der Waals surface area contributed by atoms with E-state index in [1.54, 1.807) is 29.2 Å². The summed E-state index contributed by atoms with van der Waals surface area (Å²) in [6.07, 6.45) is 1.93. The smallest absolute Gasteiger partial charge is 0.262 e. The summed E-state index contributed by atoms with van der Waals surface area (Å²) in [5.41, 5.74) is 2.17. The average Bonchev–Trinajstić information content (AvgIpc) is 3.42. The van der Waals surface area contributed by atoms with Crippen LogP contribution in [0.5, 0.6) is 11.5 Å². The van der Waals surface area contributed by atoms with Crippen LogP contribution in [0.4, 0.5) is 11.4 Å². The second kappa shape index (κ2) is 8.16. The molecule has 4 rings (SSSR count). The number of benzene rings is 2. The lowest BCUT2D eigenvalue weighted by atomic mass is 10.1. The molecule has 1 atom stereocenters. The van der Waals surface area contributed by atoms with Crippen molar-refractivity contribution in [3.8, 4) is 11.5 Å². The molecule has 2 aliphatic heterocycles. The lowest BCUT2D eigenvalue weighted by Crippen LogP contribution is -2.37. The molecule has 0 radical (unpaired) electrons. The Bertz CT molecular complexity index is 1060. The normalized spacial score (nSPS) is 18.2. The van der Waals surface area contributed by atoms with Crippen LogP contribution in [0.2, 0.25) is 0 Å². The predicted molar refractivity (Wildman–Crippen MR) is 112 cm³/mol. The number of fused-ring (bicyclic) bond motifs is 1. The number of amides is 1. The minimum Gasteiger partial charge on any atom is -0.493 e. The molecule has 8 nitrogen and oxygen atoms in total. The summed E-state index contributed by atoms with van der Waals surface area (Å²) in [5, 5.41) is 0. The molecule has 1 N–H and O–H groups in total. The topological polar surface area (TPSA) is 94.2 Å². The average molecular weight is 432 g/mol. The molecule has 160 valence electrons. The number of carbonyl (C=O) groups is 1. The van der Waals surface area contributed by atoms with Gasteiger partial charge in [0.1, 0.15) is 6.10 Å². The summed E-state index contributed by atoms with van der Waals surface area (Å²) in [5.74, 6) is 0.757. The maximum atomic E-state index is 12.8. The number of methoxy groups -OCH3 is 2. The van der Waals surface area contributed by atoms with Gasteiger partial charge in [0, 0.05) is 30.6 Å². The number of hydrogen-bond donors (Lipinski definition) is 1. The van der Waals surface area contributed by atoms with Crippen molar-refractivity contribution in [2.75, 3.05) is 37.0 Å². The van der Waals surface area contributed by atoms with Gasteiger partial charge in [0.15, 0.2) is 11.5 Å². The van der Waals surface area contributed by atoms with Crippen molar-refractivity contribution >= 4 is 27.3 Å². The largest absolute Gasteiger partial charge is 0.493 e. The van der Waals surface area contributed by atoms with Crippen molar-refractivity contribution in [3.63, 3.8) is 0 Å². The highest BCUT2D eigenvalue weighted by molar-refractivity contribution is 7.92. The summed E-state index contributed by atoms with van der Waals surface area (Å²) in [6.45, 7) is 1.19. The van der Waals surface area contributed by atoms with Crippen molar-refractivity contribution in [1.29, 1.82) is 0 Å². The molecule has 0 saturated carbocycles. The summed E-state index contributed by atoms with van der Waals surface area (Å²) >= 11 is 0. The summed E-state index contributed by atoms with van der Waals surface area (Å²) < 4.78 is 44.1. The van der Waals surface area contributed by atoms with E-state index in [0.29, 0.717) is 36.8 Å². The zero-order valence-electron chi connectivity index (χ0n) is 16.9. The third-order valence-corrected chi connectivity index (χ3v) is 6.74. The van der Waals surface area contributed by atoms with E-state index in [1.165, 1.54) is 26.4 Å². The number of nitrogens with zero attached hydrogens (tertiary/aromatic N) is 1. The fourth-order valence-electron chi connectivity index (χ4n) is 3.84. The SMILES string of the molecule is COc1ccc(S(=O)(=O)Nc2ccc3c(c2)CCN3C(=O)C2CCCO2)cc1OC. The van der Waals surface area contributed by atoms with Crippen LogP contribution in [-0.2, 0) is 26.0 Å². The Labute approximate surface area is 175 Å². The number of hydrogen-bond acceptors (Lipinski definition) is 6. The van der Waals surface area contributed by atoms with E-state index in [0.717, 1.165) is 24.1 Å². The van der Waals surface area contributed by atoms with Gasteiger partial charge >= 0.3 is 0 Å². The third-order valence-electron chi connectivity index (χ3n) is 5.36. The number of carbonyl (C=O) groups excluding carboxylic acids is 1. The fourth-order valence-corrected chi connectivity index (χ4v) is 4.90. The Kier molecular flexibility index (Phi) is 5.57. The van der Waals surface area contributed by atoms with Crippen LogP contribution in [0.15, 0.2) is 41.3 Å². The first-order chi connectivity index (χ1) is 14.4. The van der Waals surface area contributed by atoms with Gasteiger partial charge in [0.25, 0.3) is 15.9 Å². The van der Waals surface area contributed by atoms with E-state index in [4.69, 9.17) is 14.2 Å². The first kappa shape index (κ1) is 20.5. The van der Waals surface area contributed by atoms with Crippen molar-refractivity contribution in [2.24, 2.45) is 0 Å². The quantitative estimate of drug-likeness (QED) is 0.754. The van der Waals surface area contributed by atoms with E-state index in [1.807, 2.05) is 0 Å². The van der Waals surface area contributed by atoms with Crippen molar-refractivity contribution in [1.82, 2.24) is 0 Å². The zero-order valence-corrected chi connectivity index (χ0v) is 17.7. The molecule has 0 aromatic heterocycles. The number of ether oxygens (including phenoxy) is 3. The summed E-state index contributed by atoms with van der Waals surface area (Å²) in [6, 6.07) is 9.64. The number of sulfonamides is 1. The minimum absolute atomic E-state index is 0.0232. The molecule has 0 aliphatic carbocycles. The van der Waals surface area contributed by atoms with Crippen LogP contribution in [0.1, 0.15) is 18.4 Å². The fraction of sp³-hybridized carbons (Fsp3) is 0.381. The molecule has 0 bridgehead atoms. The van der Waals surface area contributed by atoms with Gasteiger partial charge in [-0.05, 0) is 55.2 Å². The molecule has 0 spiro atoms. The Hall–Kier alpha value is -2.78. The molecule has 1 unspecified atom stereocenters. The molecule has 1 amide bonds. The first-order valence-corrected chi connectivity index (χ1v) is 11.2. The highest BCUT2D eigenvalue weighted by Gasteiger charge is 2.33. The third kappa shape index (κ3) is 3.82. The second-order valence-electron chi connectivity index (χ2n) is 7.21. The Balaban J connectivity index is 1.54. The maximum Gasteiger partial charge on any atom is 0.262 e. The Morgan fingerprint density at radius 1 is 1.13 bits per heavy atom. The summed E-state index contributed by atoms with van der Waals surface area (Å²) in [4.78, 5) is 14.5. The monoisotopic (exact) mass is 432 g/mol. The van der Waals surface area contributed by atoms with Gasteiger partial charge < -0.3 is 19.1 Å². The number of anilines is 2. The molecule has 2 heterocycles. The van der Waals surface area contributed by atoms with Gasteiger partial charge in [-0.25, -0.2) is 8.42 Å². The molecule has 1 fully saturated rings. The molecular formula is C21H24N2O6S. The van der Waals surface area contributed by atoms with E-state index in [-0.39, 0.29) is 16.9 Å². The standard InChI is InChI=1S/C21H24N2O6S/c1-27-18-8-6-16(13-20(18)28-2)30(25,26)22-15-5-7-17-14(12-15)9-10-23(17)21(24)19-4-3-11-29-19/h5-8,12-13,19,22H,3-4,9-11H2,1-2H3. The Morgan fingerprint density at radius 2 is 1.93 bits per heavy atom. The molecule has 30 heavy (non-hydrogen) atoms. The summed E-state index contributed by atoms with van der Waals surface area (Å²) in [7, 11) is -0.879. The molecule has 9 heteroatoms. The van der Waals surface area contributed by atoms with Gasteiger partial charge in [-0.2, -0.15) is 0 Å². The highest BCUT2D eigenvalue weighted by atomic mass is 32.2. The van der Waals surface area contributed by atoms with E-state index < -0.39 is 10.0 Å². The second-order valence-corrected chi connectivity index (χ2v) is 8.89. The van der Waals surface area contributed by atoms with E-state index >= 15 is 0 Å². The highest BCUT2D eigenvalue weighted by Crippen LogP contribution is 2.34. The van der Waals surface area contributed by atoms with Gasteiger partial charge in [0.05, 0.1) is 19.1 Å². The van der Waals surface area contributed by atoms with Crippen LogP contribution in [0, 0.1) is 0 Å². The molecular weight excluding hydrogens is 408 g/mol. The van der Waals surface area contributed by atoms with Crippen LogP contribution in [0.3, 0.4) is 0 Å². The van der Waals surface area contributed by atoms with Gasteiger partial charge in [-0.15, -0.1) is 0 Å². The lowest BCUT2D eigenvalue weighted by molar-refractivity contribution is -0.127. The van der Waals surface area contributed by atoms with Crippen LogP contribution < -0.4 is 19.1 Å². The molecule has 2 aromatic rings. The van der Waals surface area contributed by atoms with Crippen LogP contribution >= 0.6 is 0 Å². The van der Waals surface area contributed by atoms with Gasteiger partial charge in [-0.1, -0.05) is 0 Å². The van der Waals surface area contributed by atoms with Crippen molar-refractivity contribution in [3.05, 3.63) is 42.0 Å². The molecule has 2 aliphatic rings. The van der Waals surface area contributed by atoms with E-state index in [9.17, 15) is 13.2 Å². The van der Waals surface area contributed by atoms with Crippen LogP contribution in [-0.4, -0.2) is 47.8 Å². The molecule has 1 saturated heterocycles.